The van der Waals surface area contributed by atoms with Gasteiger partial charge in [0.15, 0.2) is 0 Å². The minimum Gasteiger partial charge on any atom is -0.393 e. The molecule has 0 aromatic rings. The molecular formula is C14H25NO3. The summed E-state index contributed by atoms with van der Waals surface area (Å²) >= 11 is 0. The predicted octanol–water partition coefficient (Wildman–Crippen LogP) is 1.32. The van der Waals surface area contributed by atoms with Crippen LogP contribution >= 0.6 is 0 Å². The molecule has 1 heterocycles. The van der Waals surface area contributed by atoms with Crippen molar-refractivity contribution in [3.05, 3.63) is 0 Å². The fourth-order valence-corrected chi connectivity index (χ4v) is 3.32. The molecule has 18 heavy (non-hydrogen) atoms. The van der Waals surface area contributed by atoms with Crippen molar-refractivity contribution >= 4 is 5.91 Å². The van der Waals surface area contributed by atoms with Crippen LogP contribution in [0.2, 0.25) is 0 Å². The molecule has 4 heteroatoms. The highest BCUT2D eigenvalue weighted by Crippen LogP contribution is 2.32. The van der Waals surface area contributed by atoms with Crippen LogP contribution in [0.25, 0.3) is 0 Å². The van der Waals surface area contributed by atoms with Crippen LogP contribution in [0.4, 0.5) is 0 Å². The number of ether oxygens (including phenoxy) is 1. The van der Waals surface area contributed by atoms with Crippen LogP contribution in [-0.2, 0) is 9.53 Å². The van der Waals surface area contributed by atoms with Crippen LogP contribution < -0.4 is 5.32 Å². The van der Waals surface area contributed by atoms with Crippen molar-refractivity contribution in [2.45, 2.75) is 58.3 Å². The number of hydrogen-bond acceptors (Lipinski definition) is 3. The standard InChI is InChI=1S/C14H25NO3/c1-8-9(2)18-10(3)13(8)14(17)15-7-11-4-5-12(16)6-11/h8-13,16H,4-7H2,1-3H3,(H,15,17). The summed E-state index contributed by atoms with van der Waals surface area (Å²) < 4.78 is 5.70. The maximum Gasteiger partial charge on any atom is 0.226 e. The fourth-order valence-electron chi connectivity index (χ4n) is 3.32. The number of carbonyl (C=O) groups excluding carboxylic acids is 1. The van der Waals surface area contributed by atoms with Crippen LogP contribution in [0.3, 0.4) is 0 Å². The summed E-state index contributed by atoms with van der Waals surface area (Å²) in [7, 11) is 0. The van der Waals surface area contributed by atoms with E-state index in [0.717, 1.165) is 19.3 Å². The molecule has 2 N–H and O–H groups in total. The number of hydrogen-bond donors (Lipinski definition) is 2. The zero-order valence-corrected chi connectivity index (χ0v) is 11.6. The van der Waals surface area contributed by atoms with E-state index in [1.54, 1.807) is 0 Å². The van der Waals surface area contributed by atoms with E-state index in [1.165, 1.54) is 0 Å². The largest absolute Gasteiger partial charge is 0.393 e. The third-order valence-electron chi connectivity index (χ3n) is 4.62. The maximum absolute atomic E-state index is 12.2. The van der Waals surface area contributed by atoms with Gasteiger partial charge in [0, 0.05) is 6.54 Å². The minimum absolute atomic E-state index is 0.00386. The van der Waals surface area contributed by atoms with Gasteiger partial charge in [0.25, 0.3) is 0 Å². The maximum atomic E-state index is 12.2. The van der Waals surface area contributed by atoms with Gasteiger partial charge in [-0.2, -0.15) is 0 Å². The monoisotopic (exact) mass is 255 g/mol. The Hall–Kier alpha value is -0.610. The zero-order valence-electron chi connectivity index (χ0n) is 11.6. The van der Waals surface area contributed by atoms with E-state index in [2.05, 4.69) is 12.2 Å². The summed E-state index contributed by atoms with van der Waals surface area (Å²) in [5, 5.41) is 12.5. The second kappa shape index (κ2) is 5.57. The van der Waals surface area contributed by atoms with Crippen LogP contribution in [0.5, 0.6) is 0 Å². The molecule has 6 unspecified atom stereocenters. The molecular weight excluding hydrogens is 230 g/mol. The molecule has 2 aliphatic rings. The van der Waals surface area contributed by atoms with Gasteiger partial charge >= 0.3 is 0 Å². The minimum atomic E-state index is -0.167. The number of carbonyl (C=O) groups is 1. The quantitative estimate of drug-likeness (QED) is 0.799. The molecule has 2 fully saturated rings. The molecule has 104 valence electrons. The Morgan fingerprint density at radius 3 is 2.50 bits per heavy atom. The second-order valence-electron chi connectivity index (χ2n) is 6.01. The summed E-state index contributed by atoms with van der Waals surface area (Å²) in [6.07, 6.45) is 2.71. The lowest BCUT2D eigenvalue weighted by atomic mass is 9.88. The predicted molar refractivity (Wildman–Crippen MR) is 69.0 cm³/mol. The first-order valence-corrected chi connectivity index (χ1v) is 7.10. The highest BCUT2D eigenvalue weighted by atomic mass is 16.5. The SMILES string of the molecule is CC1OC(C)C(C(=O)NCC2CCC(O)C2)C1C. The van der Waals surface area contributed by atoms with E-state index in [4.69, 9.17) is 4.74 Å². The molecule has 0 aromatic carbocycles. The van der Waals surface area contributed by atoms with Crippen molar-refractivity contribution in [3.8, 4) is 0 Å². The van der Waals surface area contributed by atoms with Gasteiger partial charge in [-0.3, -0.25) is 4.79 Å². The highest BCUT2D eigenvalue weighted by molar-refractivity contribution is 5.79. The molecule has 2 rings (SSSR count). The van der Waals surface area contributed by atoms with E-state index in [9.17, 15) is 9.90 Å². The molecule has 1 saturated heterocycles. The lowest BCUT2D eigenvalue weighted by Gasteiger charge is -2.19. The van der Waals surface area contributed by atoms with E-state index in [-0.39, 0.29) is 36.1 Å². The Morgan fingerprint density at radius 2 is 2.00 bits per heavy atom. The Balaban J connectivity index is 1.81. The second-order valence-corrected chi connectivity index (χ2v) is 6.01. The fraction of sp³-hybridized carbons (Fsp3) is 0.929. The Labute approximate surface area is 109 Å². The van der Waals surface area contributed by atoms with Gasteiger partial charge in [0.2, 0.25) is 5.91 Å². The van der Waals surface area contributed by atoms with Gasteiger partial charge < -0.3 is 15.2 Å². The Kier molecular flexibility index (Phi) is 4.28. The summed E-state index contributed by atoms with van der Waals surface area (Å²) in [6.45, 7) is 6.78. The van der Waals surface area contributed by atoms with Crippen LogP contribution in [-0.4, -0.2) is 35.9 Å². The Bertz CT molecular complexity index is 307. The third kappa shape index (κ3) is 2.86. The van der Waals surface area contributed by atoms with Crippen LogP contribution in [0.1, 0.15) is 40.0 Å². The first-order valence-electron chi connectivity index (χ1n) is 7.10. The van der Waals surface area contributed by atoms with Crippen molar-refractivity contribution in [2.75, 3.05) is 6.54 Å². The lowest BCUT2D eigenvalue weighted by Crippen LogP contribution is -2.39. The molecule has 1 saturated carbocycles. The molecule has 0 bridgehead atoms. The number of amides is 1. The van der Waals surface area contributed by atoms with E-state index >= 15 is 0 Å². The topological polar surface area (TPSA) is 58.6 Å². The number of aliphatic hydroxyl groups is 1. The van der Waals surface area contributed by atoms with E-state index < -0.39 is 0 Å². The Morgan fingerprint density at radius 1 is 1.28 bits per heavy atom. The number of nitrogens with one attached hydrogen (secondary N) is 1. The van der Waals surface area contributed by atoms with Crippen molar-refractivity contribution < 1.29 is 14.6 Å². The normalized spacial score (nSPS) is 44.2. The van der Waals surface area contributed by atoms with Crippen molar-refractivity contribution in [1.29, 1.82) is 0 Å². The van der Waals surface area contributed by atoms with Crippen molar-refractivity contribution in [3.63, 3.8) is 0 Å². The lowest BCUT2D eigenvalue weighted by molar-refractivity contribution is -0.127. The van der Waals surface area contributed by atoms with Gasteiger partial charge in [-0.15, -0.1) is 0 Å². The van der Waals surface area contributed by atoms with Crippen molar-refractivity contribution in [1.82, 2.24) is 5.32 Å². The van der Waals surface area contributed by atoms with E-state index in [1.807, 2.05) is 13.8 Å². The number of aliphatic hydroxyl groups excluding tert-OH is 1. The molecule has 1 aliphatic carbocycles. The molecule has 6 atom stereocenters. The van der Waals surface area contributed by atoms with Crippen molar-refractivity contribution in [2.24, 2.45) is 17.8 Å². The third-order valence-corrected chi connectivity index (χ3v) is 4.62. The summed E-state index contributed by atoms with van der Waals surface area (Å²) in [5.74, 6) is 0.788. The van der Waals surface area contributed by atoms with Gasteiger partial charge in [-0.1, -0.05) is 6.92 Å². The smallest absolute Gasteiger partial charge is 0.226 e. The van der Waals surface area contributed by atoms with Gasteiger partial charge in [0.1, 0.15) is 0 Å². The average molecular weight is 255 g/mol. The van der Waals surface area contributed by atoms with Crippen LogP contribution in [0.15, 0.2) is 0 Å². The molecule has 4 nitrogen and oxygen atoms in total. The first-order chi connectivity index (χ1) is 8.49. The summed E-state index contributed by atoms with van der Waals surface area (Å²) in [6, 6.07) is 0. The van der Waals surface area contributed by atoms with Gasteiger partial charge in [0.05, 0.1) is 24.2 Å². The highest BCUT2D eigenvalue weighted by Gasteiger charge is 2.41. The zero-order chi connectivity index (χ0) is 13.3. The number of rotatable bonds is 3. The molecule has 0 spiro atoms. The summed E-state index contributed by atoms with van der Waals surface area (Å²) in [5.41, 5.74) is 0. The van der Waals surface area contributed by atoms with Gasteiger partial charge in [-0.25, -0.2) is 0 Å². The molecule has 1 aliphatic heterocycles. The molecule has 1 amide bonds. The van der Waals surface area contributed by atoms with Gasteiger partial charge in [-0.05, 0) is 44.9 Å². The van der Waals surface area contributed by atoms with E-state index in [0.29, 0.717) is 12.5 Å². The van der Waals surface area contributed by atoms with Crippen LogP contribution in [0, 0.1) is 17.8 Å². The average Bonchev–Trinajstić information content (AvgIpc) is 2.82. The molecule has 0 radical (unpaired) electrons. The molecule has 0 aromatic heterocycles. The summed E-state index contributed by atoms with van der Waals surface area (Å²) in [4.78, 5) is 12.2. The first kappa shape index (κ1) is 13.8.